The number of hydrogen-bond donors (Lipinski definition) is 1. The minimum absolute atomic E-state index is 0.0333. The van der Waals surface area contributed by atoms with Gasteiger partial charge in [-0.25, -0.2) is 12.7 Å². The smallest absolute Gasteiger partial charge is 0.242 e. The first kappa shape index (κ1) is 21.4. The average Bonchev–Trinajstić information content (AvgIpc) is 2.77. The lowest BCUT2D eigenvalue weighted by Gasteiger charge is -2.12. The molecule has 154 valence electrons. The molecule has 7 heteroatoms. The van der Waals surface area contributed by atoms with Crippen molar-refractivity contribution >= 4 is 27.3 Å². The van der Waals surface area contributed by atoms with Gasteiger partial charge in [-0.1, -0.05) is 54.6 Å². The van der Waals surface area contributed by atoms with Gasteiger partial charge in [-0.2, -0.15) is 0 Å². The van der Waals surface area contributed by atoms with Crippen molar-refractivity contribution in [3.8, 4) is 0 Å². The highest BCUT2D eigenvalue weighted by Crippen LogP contribution is 2.17. The molecule has 0 fully saturated rings. The Hall–Kier alpha value is -3.29. The van der Waals surface area contributed by atoms with Gasteiger partial charge in [0.2, 0.25) is 10.0 Å². The first-order valence-corrected chi connectivity index (χ1v) is 10.7. The fourth-order valence-electron chi connectivity index (χ4n) is 2.85. The van der Waals surface area contributed by atoms with Crippen LogP contribution in [0, 0.1) is 0 Å². The van der Waals surface area contributed by atoms with Crippen LogP contribution in [-0.2, 0) is 10.0 Å². The van der Waals surface area contributed by atoms with Crippen LogP contribution in [0.4, 0.5) is 5.69 Å². The Kier molecular flexibility index (Phi) is 6.44. The predicted molar refractivity (Wildman–Crippen MR) is 116 cm³/mol. The number of ketones is 2. The van der Waals surface area contributed by atoms with Crippen LogP contribution in [-0.4, -0.2) is 44.9 Å². The van der Waals surface area contributed by atoms with Crippen molar-refractivity contribution in [3.63, 3.8) is 0 Å². The molecular weight excluding hydrogens is 400 g/mol. The number of nitrogens with one attached hydrogen (secondary N) is 1. The third kappa shape index (κ3) is 4.82. The average molecular weight is 423 g/mol. The fourth-order valence-corrected chi connectivity index (χ4v) is 3.80. The van der Waals surface area contributed by atoms with E-state index in [9.17, 15) is 18.0 Å². The summed E-state index contributed by atoms with van der Waals surface area (Å²) >= 11 is 0. The Balaban J connectivity index is 1.72. The lowest BCUT2D eigenvalue weighted by atomic mass is 10.0. The molecular formula is C23H22N2O4S. The Morgan fingerprint density at radius 1 is 0.800 bits per heavy atom. The van der Waals surface area contributed by atoms with Crippen molar-refractivity contribution in [1.29, 1.82) is 0 Å². The summed E-state index contributed by atoms with van der Waals surface area (Å²) in [5, 5.41) is 3.01. The van der Waals surface area contributed by atoms with E-state index in [1.54, 1.807) is 60.7 Å². The number of anilines is 1. The van der Waals surface area contributed by atoms with Crippen molar-refractivity contribution in [2.24, 2.45) is 0 Å². The van der Waals surface area contributed by atoms with Gasteiger partial charge in [0.1, 0.15) is 0 Å². The number of nitrogens with zero attached hydrogens (tertiary/aromatic N) is 1. The molecule has 0 aliphatic heterocycles. The summed E-state index contributed by atoms with van der Waals surface area (Å²) < 4.78 is 25.6. The molecule has 0 aliphatic rings. The zero-order valence-electron chi connectivity index (χ0n) is 16.7. The fraction of sp³-hybridized carbons (Fsp3) is 0.130. The quantitative estimate of drug-likeness (QED) is 0.562. The summed E-state index contributed by atoms with van der Waals surface area (Å²) in [5.74, 6) is -0.363. The molecule has 3 aromatic rings. The van der Waals surface area contributed by atoms with E-state index in [1.165, 1.54) is 26.2 Å². The molecule has 0 unspecified atom stereocenters. The second-order valence-corrected chi connectivity index (χ2v) is 9.02. The zero-order chi connectivity index (χ0) is 21.7. The second-order valence-electron chi connectivity index (χ2n) is 6.87. The van der Waals surface area contributed by atoms with Crippen LogP contribution in [0.15, 0.2) is 83.8 Å². The molecule has 3 aromatic carbocycles. The van der Waals surface area contributed by atoms with Crippen molar-refractivity contribution in [2.75, 3.05) is 26.0 Å². The maximum atomic E-state index is 12.6. The Morgan fingerprint density at radius 3 is 2.13 bits per heavy atom. The molecule has 0 amide bonds. The van der Waals surface area contributed by atoms with E-state index < -0.39 is 10.0 Å². The van der Waals surface area contributed by atoms with Crippen molar-refractivity contribution in [2.45, 2.75) is 4.90 Å². The summed E-state index contributed by atoms with van der Waals surface area (Å²) in [7, 11) is -0.739. The molecule has 0 saturated carbocycles. The van der Waals surface area contributed by atoms with E-state index in [0.29, 0.717) is 22.4 Å². The maximum Gasteiger partial charge on any atom is 0.242 e. The van der Waals surface area contributed by atoms with Gasteiger partial charge < -0.3 is 5.32 Å². The number of sulfonamides is 1. The van der Waals surface area contributed by atoms with Crippen molar-refractivity contribution in [3.05, 3.63) is 95.6 Å². The first-order valence-electron chi connectivity index (χ1n) is 9.28. The molecule has 0 atom stereocenters. The summed E-state index contributed by atoms with van der Waals surface area (Å²) in [4.78, 5) is 25.2. The molecule has 30 heavy (non-hydrogen) atoms. The van der Waals surface area contributed by atoms with Gasteiger partial charge in [0, 0.05) is 36.5 Å². The molecule has 0 saturated heterocycles. The van der Waals surface area contributed by atoms with Crippen molar-refractivity contribution in [1.82, 2.24) is 4.31 Å². The zero-order valence-corrected chi connectivity index (χ0v) is 17.5. The van der Waals surface area contributed by atoms with E-state index >= 15 is 0 Å². The van der Waals surface area contributed by atoms with Crippen LogP contribution in [0.1, 0.15) is 26.3 Å². The van der Waals surface area contributed by atoms with Gasteiger partial charge in [-0.15, -0.1) is 0 Å². The number of benzene rings is 3. The molecule has 0 aromatic heterocycles. The number of carbonyl (C=O) groups is 2. The largest absolute Gasteiger partial charge is 0.378 e. The normalized spacial score (nSPS) is 11.3. The molecule has 3 rings (SSSR count). The van der Waals surface area contributed by atoms with Gasteiger partial charge in [0.25, 0.3) is 0 Å². The highest BCUT2D eigenvalue weighted by atomic mass is 32.2. The van der Waals surface area contributed by atoms with E-state index in [-0.39, 0.29) is 23.0 Å². The molecule has 0 bridgehead atoms. The van der Waals surface area contributed by atoms with Crippen LogP contribution < -0.4 is 5.32 Å². The third-order valence-electron chi connectivity index (χ3n) is 4.55. The minimum atomic E-state index is -3.62. The van der Waals surface area contributed by atoms with E-state index in [0.717, 1.165) is 4.31 Å². The number of hydrogen-bond acceptors (Lipinski definition) is 5. The van der Waals surface area contributed by atoms with Crippen LogP contribution in [0.25, 0.3) is 0 Å². The molecule has 0 spiro atoms. The summed E-state index contributed by atoms with van der Waals surface area (Å²) in [6.45, 7) is -0.0333. The first-order chi connectivity index (χ1) is 14.3. The van der Waals surface area contributed by atoms with Crippen LogP contribution >= 0.6 is 0 Å². The summed E-state index contributed by atoms with van der Waals surface area (Å²) in [6.07, 6.45) is 0. The van der Waals surface area contributed by atoms with Gasteiger partial charge in [-0.3, -0.25) is 9.59 Å². The summed E-state index contributed by atoms with van der Waals surface area (Å²) in [6, 6.07) is 21.8. The van der Waals surface area contributed by atoms with Crippen molar-refractivity contribution < 1.29 is 18.0 Å². The molecule has 0 aliphatic carbocycles. The lowest BCUT2D eigenvalue weighted by Crippen LogP contribution is -2.22. The van der Waals surface area contributed by atoms with E-state index in [1.807, 2.05) is 6.07 Å². The maximum absolute atomic E-state index is 12.6. The summed E-state index contributed by atoms with van der Waals surface area (Å²) in [5.41, 5.74) is 2.02. The third-order valence-corrected chi connectivity index (χ3v) is 6.36. The molecule has 6 nitrogen and oxygen atoms in total. The van der Waals surface area contributed by atoms with Gasteiger partial charge in [-0.05, 0) is 24.3 Å². The molecule has 1 N–H and O–H groups in total. The molecule has 0 radical (unpaired) electrons. The Bertz CT molecular complexity index is 1170. The standard InChI is InChI=1S/C23H22N2O4S/c1-25(2)30(28,29)21-13-7-10-18(15-21)22(26)16-24-20-12-6-11-19(14-20)23(27)17-8-4-3-5-9-17/h3-15,24H,16H2,1-2H3. The van der Waals surface area contributed by atoms with Gasteiger partial charge >= 0.3 is 0 Å². The lowest BCUT2D eigenvalue weighted by molar-refractivity contribution is 0.100. The second kappa shape index (κ2) is 9.02. The van der Waals surface area contributed by atoms with Crippen LogP contribution in [0.5, 0.6) is 0 Å². The minimum Gasteiger partial charge on any atom is -0.378 e. The van der Waals surface area contributed by atoms with Crippen LogP contribution in [0.2, 0.25) is 0 Å². The number of carbonyl (C=O) groups excluding carboxylic acids is 2. The monoisotopic (exact) mass is 422 g/mol. The Labute approximate surface area is 176 Å². The number of rotatable bonds is 8. The van der Waals surface area contributed by atoms with Crippen LogP contribution in [0.3, 0.4) is 0 Å². The number of Topliss-reactive ketones (excluding diaryl/α,β-unsaturated/α-hetero) is 1. The Morgan fingerprint density at radius 2 is 1.43 bits per heavy atom. The topological polar surface area (TPSA) is 83.6 Å². The SMILES string of the molecule is CN(C)S(=O)(=O)c1cccc(C(=O)CNc2cccc(C(=O)c3ccccc3)c2)c1. The molecule has 0 heterocycles. The van der Waals surface area contributed by atoms with Gasteiger partial charge in [0.15, 0.2) is 11.6 Å². The van der Waals surface area contributed by atoms with E-state index in [4.69, 9.17) is 0 Å². The predicted octanol–water partition coefficient (Wildman–Crippen LogP) is 3.46. The van der Waals surface area contributed by atoms with E-state index in [2.05, 4.69) is 5.32 Å². The highest BCUT2D eigenvalue weighted by Gasteiger charge is 2.18. The van der Waals surface area contributed by atoms with Gasteiger partial charge in [0.05, 0.1) is 11.4 Å². The highest BCUT2D eigenvalue weighted by molar-refractivity contribution is 7.89.